The van der Waals surface area contributed by atoms with Gasteiger partial charge >= 0.3 is 5.91 Å². The number of hydrazone groups is 1. The minimum atomic E-state index is -0.217. The van der Waals surface area contributed by atoms with Gasteiger partial charge in [-0.2, -0.15) is 9.67 Å². The quantitative estimate of drug-likeness (QED) is 0.505. The third-order valence-corrected chi connectivity index (χ3v) is 3.19. The van der Waals surface area contributed by atoms with Crippen molar-refractivity contribution in [2.45, 2.75) is 6.54 Å². The highest BCUT2D eigenvalue weighted by atomic mass is 16.7. The van der Waals surface area contributed by atoms with Crippen molar-refractivity contribution in [2.24, 2.45) is 5.10 Å². The van der Waals surface area contributed by atoms with Gasteiger partial charge in [-0.15, -0.1) is 0 Å². The van der Waals surface area contributed by atoms with Crippen LogP contribution in [0.3, 0.4) is 0 Å². The van der Waals surface area contributed by atoms with Gasteiger partial charge in [-0.1, -0.05) is 6.07 Å². The molecule has 1 aromatic heterocycles. The summed E-state index contributed by atoms with van der Waals surface area (Å²) < 4.78 is 17.7. The zero-order chi connectivity index (χ0) is 16.1. The second kappa shape index (κ2) is 6.78. The number of benzene rings is 1. The summed E-state index contributed by atoms with van der Waals surface area (Å²) in [6, 6.07) is 9.13. The van der Waals surface area contributed by atoms with E-state index in [0.29, 0.717) is 17.2 Å². The van der Waals surface area contributed by atoms with Crippen LogP contribution < -0.4 is 24.2 Å². The maximum absolute atomic E-state index is 11.8. The molecule has 0 saturated heterocycles. The third-order valence-electron chi connectivity index (χ3n) is 3.19. The first-order valence-electron chi connectivity index (χ1n) is 7.00. The van der Waals surface area contributed by atoms with Gasteiger partial charge in [0.1, 0.15) is 0 Å². The zero-order valence-corrected chi connectivity index (χ0v) is 12.6. The van der Waals surface area contributed by atoms with Gasteiger partial charge in [0.2, 0.25) is 19.1 Å². The molecule has 0 atom stereocenters. The highest BCUT2D eigenvalue weighted by Crippen LogP contribution is 2.41. The number of carbonyl (C=O) groups is 1. The van der Waals surface area contributed by atoms with Gasteiger partial charge < -0.3 is 14.2 Å². The molecule has 0 spiro atoms. The fraction of sp³-hybridized carbons (Fsp3) is 0.188. The zero-order valence-electron chi connectivity index (χ0n) is 12.6. The molecule has 23 heavy (non-hydrogen) atoms. The highest BCUT2D eigenvalue weighted by Gasteiger charge is 2.19. The van der Waals surface area contributed by atoms with Gasteiger partial charge in [0.05, 0.1) is 13.3 Å². The van der Waals surface area contributed by atoms with Gasteiger partial charge in [0.15, 0.2) is 23.9 Å². The number of hydrogen-bond donors (Lipinski definition) is 1. The molecule has 1 aliphatic heterocycles. The molecule has 1 N–H and O–H groups in total. The van der Waals surface area contributed by atoms with Crippen LogP contribution in [0.1, 0.15) is 5.56 Å². The van der Waals surface area contributed by atoms with Crippen LogP contribution in [0.2, 0.25) is 0 Å². The Morgan fingerprint density at radius 3 is 2.96 bits per heavy atom. The molecule has 1 aliphatic rings. The number of methoxy groups -OCH3 is 1. The van der Waals surface area contributed by atoms with Crippen molar-refractivity contribution >= 4 is 12.1 Å². The lowest BCUT2D eigenvalue weighted by molar-refractivity contribution is -0.684. The molecular weight excluding hydrogens is 298 g/mol. The predicted molar refractivity (Wildman–Crippen MR) is 81.5 cm³/mol. The van der Waals surface area contributed by atoms with E-state index in [1.807, 2.05) is 30.6 Å². The van der Waals surface area contributed by atoms with E-state index in [1.54, 1.807) is 23.8 Å². The molecular formula is C16H16N3O4+. The molecule has 1 amide bonds. The maximum atomic E-state index is 11.8. The third kappa shape index (κ3) is 3.57. The first-order valence-corrected chi connectivity index (χ1v) is 7.00. The van der Waals surface area contributed by atoms with Crippen molar-refractivity contribution in [1.29, 1.82) is 0 Å². The normalized spacial score (nSPS) is 12.4. The number of amides is 1. The van der Waals surface area contributed by atoms with Crippen LogP contribution in [0.25, 0.3) is 0 Å². The van der Waals surface area contributed by atoms with Crippen molar-refractivity contribution < 1.29 is 23.6 Å². The van der Waals surface area contributed by atoms with E-state index in [2.05, 4.69) is 10.5 Å². The van der Waals surface area contributed by atoms with E-state index in [1.165, 1.54) is 6.21 Å². The molecule has 7 heteroatoms. The van der Waals surface area contributed by atoms with E-state index in [9.17, 15) is 4.79 Å². The Balaban J connectivity index is 1.63. The molecule has 0 unspecified atom stereocenters. The topological polar surface area (TPSA) is 73.0 Å². The minimum absolute atomic E-state index is 0.164. The summed E-state index contributed by atoms with van der Waals surface area (Å²) in [6.45, 7) is 0.361. The van der Waals surface area contributed by atoms with Crippen LogP contribution in [0.5, 0.6) is 17.2 Å². The second-order valence-corrected chi connectivity index (χ2v) is 4.80. The van der Waals surface area contributed by atoms with Crippen LogP contribution in [0.4, 0.5) is 0 Å². The summed E-state index contributed by atoms with van der Waals surface area (Å²) >= 11 is 0. The van der Waals surface area contributed by atoms with Crippen LogP contribution in [-0.4, -0.2) is 26.0 Å². The Labute approximate surface area is 133 Å². The first-order chi connectivity index (χ1) is 11.3. The molecule has 1 aromatic carbocycles. The van der Waals surface area contributed by atoms with Crippen molar-refractivity contribution in [2.75, 3.05) is 13.9 Å². The van der Waals surface area contributed by atoms with Crippen LogP contribution >= 0.6 is 0 Å². The van der Waals surface area contributed by atoms with Gasteiger partial charge in [-0.25, -0.2) is 5.43 Å². The van der Waals surface area contributed by atoms with Crippen molar-refractivity contribution in [3.8, 4) is 17.2 Å². The lowest BCUT2D eigenvalue weighted by atomic mass is 10.2. The summed E-state index contributed by atoms with van der Waals surface area (Å²) in [5.74, 6) is 1.52. The Hall–Kier alpha value is -3.09. The number of nitrogens with zero attached hydrogens (tertiary/aromatic N) is 2. The van der Waals surface area contributed by atoms with Gasteiger partial charge in [0.25, 0.3) is 0 Å². The molecule has 0 bridgehead atoms. The Kier molecular flexibility index (Phi) is 4.37. The molecule has 0 fully saturated rings. The molecule has 3 rings (SSSR count). The molecule has 7 nitrogen and oxygen atoms in total. The number of ether oxygens (including phenoxy) is 3. The summed E-state index contributed by atoms with van der Waals surface area (Å²) in [6.07, 6.45) is 5.15. The summed E-state index contributed by atoms with van der Waals surface area (Å²) in [4.78, 5) is 11.8. The van der Waals surface area contributed by atoms with Gasteiger partial charge in [0, 0.05) is 17.7 Å². The smallest absolute Gasteiger partial charge is 0.305 e. The number of aromatic nitrogens is 1. The average molecular weight is 314 g/mol. The van der Waals surface area contributed by atoms with E-state index < -0.39 is 0 Å². The van der Waals surface area contributed by atoms with Crippen LogP contribution in [-0.2, 0) is 11.3 Å². The number of rotatable bonds is 5. The summed E-state index contributed by atoms with van der Waals surface area (Å²) in [7, 11) is 1.55. The Morgan fingerprint density at radius 2 is 2.17 bits per heavy atom. The monoisotopic (exact) mass is 314 g/mol. The maximum Gasteiger partial charge on any atom is 0.305 e. The average Bonchev–Trinajstić information content (AvgIpc) is 3.03. The molecule has 0 radical (unpaired) electrons. The molecule has 118 valence electrons. The fourth-order valence-corrected chi connectivity index (χ4v) is 2.14. The summed E-state index contributed by atoms with van der Waals surface area (Å²) in [5, 5.41) is 3.95. The number of fused-ring (bicyclic) bond motifs is 1. The van der Waals surface area contributed by atoms with Crippen molar-refractivity contribution in [1.82, 2.24) is 5.43 Å². The van der Waals surface area contributed by atoms with E-state index >= 15 is 0 Å². The molecule has 0 saturated carbocycles. The minimum Gasteiger partial charge on any atom is -0.493 e. The number of nitrogens with one attached hydrogen (secondary N) is 1. The molecule has 0 aliphatic carbocycles. The molecule has 2 heterocycles. The lowest BCUT2D eigenvalue weighted by Gasteiger charge is -2.05. The standard InChI is InChI=1S/C16H15N3O4/c1-21-13-7-12(8-14-16(13)23-11-22-14)9-17-18-15(20)10-19-5-3-2-4-6-19/h2-9H,10-11H2,1H3/p+1/b17-9-. The van der Waals surface area contributed by atoms with Gasteiger partial charge in [-0.05, 0) is 12.1 Å². The number of pyridine rings is 1. The van der Waals surface area contributed by atoms with E-state index in [0.717, 1.165) is 5.56 Å². The van der Waals surface area contributed by atoms with E-state index in [4.69, 9.17) is 14.2 Å². The Morgan fingerprint density at radius 1 is 1.35 bits per heavy atom. The largest absolute Gasteiger partial charge is 0.493 e. The SMILES string of the molecule is COc1cc(/C=N\NC(=O)C[n+]2ccccc2)cc2c1OCO2. The first kappa shape index (κ1) is 14.8. The number of hydrogen-bond acceptors (Lipinski definition) is 5. The fourth-order valence-electron chi connectivity index (χ4n) is 2.14. The van der Waals surface area contributed by atoms with Crippen molar-refractivity contribution in [3.05, 3.63) is 48.3 Å². The lowest BCUT2D eigenvalue weighted by Crippen LogP contribution is -2.40. The van der Waals surface area contributed by atoms with Crippen molar-refractivity contribution in [3.63, 3.8) is 0 Å². The van der Waals surface area contributed by atoms with Crippen LogP contribution in [0, 0.1) is 0 Å². The highest BCUT2D eigenvalue weighted by molar-refractivity contribution is 5.84. The molecule has 2 aromatic rings. The van der Waals surface area contributed by atoms with E-state index in [-0.39, 0.29) is 19.2 Å². The van der Waals surface area contributed by atoms with Crippen LogP contribution in [0.15, 0.2) is 47.8 Å². The second-order valence-electron chi connectivity index (χ2n) is 4.80. The number of carbonyl (C=O) groups excluding carboxylic acids is 1. The van der Waals surface area contributed by atoms with Gasteiger partial charge in [-0.3, -0.25) is 4.79 Å². The predicted octanol–water partition coefficient (Wildman–Crippen LogP) is 0.862. The summed E-state index contributed by atoms with van der Waals surface area (Å²) in [5.41, 5.74) is 3.22. The Bertz CT molecular complexity index is 732.